The minimum atomic E-state index is -3.50. The molecule has 2 heterocycles. The highest BCUT2D eigenvalue weighted by molar-refractivity contribution is 7.91. The van der Waals surface area contributed by atoms with Crippen LogP contribution >= 0.6 is 0 Å². The van der Waals surface area contributed by atoms with Crippen LogP contribution in [0.25, 0.3) is 0 Å². The summed E-state index contributed by atoms with van der Waals surface area (Å²) in [6.07, 6.45) is 2.84. The van der Waals surface area contributed by atoms with E-state index < -0.39 is 9.84 Å². The topological polar surface area (TPSA) is 99.5 Å². The van der Waals surface area contributed by atoms with Gasteiger partial charge in [-0.1, -0.05) is 30.3 Å². The van der Waals surface area contributed by atoms with Gasteiger partial charge in [-0.25, -0.2) is 8.42 Å². The Hall–Kier alpha value is -3.33. The number of hydrogen-bond donors (Lipinski definition) is 1. The number of nitrogens with zero attached hydrogens (tertiary/aromatic N) is 2. The summed E-state index contributed by atoms with van der Waals surface area (Å²) < 4.78 is 37.8. The average Bonchev–Trinajstić information content (AvgIpc) is 3.19. The van der Waals surface area contributed by atoms with Crippen molar-refractivity contribution in [2.45, 2.75) is 24.0 Å². The van der Waals surface area contributed by atoms with Crippen LogP contribution in [0.5, 0.6) is 11.5 Å². The van der Waals surface area contributed by atoms with Crippen molar-refractivity contribution in [1.82, 2.24) is 9.78 Å². The number of nitrogens with one attached hydrogen (secondary N) is 1. The quantitative estimate of drug-likeness (QED) is 0.622. The van der Waals surface area contributed by atoms with Gasteiger partial charge < -0.3 is 14.8 Å². The number of rotatable bonds is 7. The van der Waals surface area contributed by atoms with Gasteiger partial charge in [0.25, 0.3) is 0 Å². The first-order valence-electron chi connectivity index (χ1n) is 9.48. The second kappa shape index (κ2) is 8.58. The van der Waals surface area contributed by atoms with E-state index in [4.69, 9.17) is 9.47 Å². The molecule has 0 fully saturated rings. The lowest BCUT2D eigenvalue weighted by atomic mass is 10.2. The van der Waals surface area contributed by atoms with Gasteiger partial charge in [-0.05, 0) is 24.3 Å². The van der Waals surface area contributed by atoms with Crippen LogP contribution < -0.4 is 14.8 Å². The first-order chi connectivity index (χ1) is 14.5. The van der Waals surface area contributed by atoms with Crippen LogP contribution in [-0.2, 0) is 21.2 Å². The van der Waals surface area contributed by atoms with Gasteiger partial charge in [0.15, 0.2) is 27.4 Å². The van der Waals surface area contributed by atoms with Crippen molar-refractivity contribution in [2.24, 2.45) is 0 Å². The zero-order valence-corrected chi connectivity index (χ0v) is 16.9. The van der Waals surface area contributed by atoms with Crippen molar-refractivity contribution in [3.05, 3.63) is 67.0 Å². The molecule has 1 aromatic heterocycles. The van der Waals surface area contributed by atoms with Crippen LogP contribution in [0.3, 0.4) is 0 Å². The third-order valence-electron chi connectivity index (χ3n) is 4.58. The smallest absolute Gasteiger partial charge is 0.225 e. The monoisotopic (exact) mass is 427 g/mol. The van der Waals surface area contributed by atoms with E-state index in [0.29, 0.717) is 30.3 Å². The standard InChI is InChI=1S/C21H21N3O5S/c25-21(10-11-30(26,27)18-6-2-1-3-7-18)23-16-12-22-24(13-16)14-17-15-28-19-8-4-5-9-20(19)29-17/h1-9,12-13,17H,10-11,14-15H2,(H,23,25)/t17-/m1/s1. The molecule has 2 aromatic carbocycles. The molecule has 0 spiro atoms. The summed E-state index contributed by atoms with van der Waals surface area (Å²) in [5.41, 5.74) is 0.495. The van der Waals surface area contributed by atoms with Gasteiger partial charge in [0.1, 0.15) is 6.61 Å². The van der Waals surface area contributed by atoms with E-state index in [-0.39, 0.29) is 29.1 Å². The predicted molar refractivity (Wildman–Crippen MR) is 110 cm³/mol. The summed E-state index contributed by atoms with van der Waals surface area (Å²) in [6, 6.07) is 15.6. The molecular weight excluding hydrogens is 406 g/mol. The molecule has 156 valence electrons. The zero-order chi connectivity index (χ0) is 21.0. The van der Waals surface area contributed by atoms with Gasteiger partial charge in [0.05, 0.1) is 29.1 Å². The minimum Gasteiger partial charge on any atom is -0.486 e. The first-order valence-corrected chi connectivity index (χ1v) is 11.1. The molecule has 1 aliphatic heterocycles. The van der Waals surface area contributed by atoms with Gasteiger partial charge in [-0.3, -0.25) is 9.48 Å². The maximum absolute atomic E-state index is 12.3. The molecule has 1 aliphatic rings. The lowest BCUT2D eigenvalue weighted by molar-refractivity contribution is -0.115. The molecule has 1 atom stereocenters. The van der Waals surface area contributed by atoms with Crippen LogP contribution in [0.4, 0.5) is 5.69 Å². The predicted octanol–water partition coefficient (Wildman–Crippen LogP) is 2.53. The van der Waals surface area contributed by atoms with E-state index in [1.54, 1.807) is 29.1 Å². The minimum absolute atomic E-state index is 0.140. The highest BCUT2D eigenvalue weighted by atomic mass is 32.2. The van der Waals surface area contributed by atoms with Crippen LogP contribution in [0, 0.1) is 0 Å². The Kier molecular flexibility index (Phi) is 5.71. The fourth-order valence-corrected chi connectivity index (χ4v) is 4.35. The Morgan fingerprint density at radius 3 is 2.63 bits per heavy atom. The van der Waals surface area contributed by atoms with E-state index in [1.165, 1.54) is 18.3 Å². The van der Waals surface area contributed by atoms with Crippen molar-refractivity contribution >= 4 is 21.4 Å². The Morgan fingerprint density at radius 2 is 1.83 bits per heavy atom. The van der Waals surface area contributed by atoms with Crippen LogP contribution in [0.1, 0.15) is 6.42 Å². The summed E-state index contributed by atoms with van der Waals surface area (Å²) in [5.74, 6) is 0.755. The second-order valence-corrected chi connectivity index (χ2v) is 8.99. The maximum atomic E-state index is 12.3. The van der Waals surface area contributed by atoms with Crippen LogP contribution in [-0.4, -0.2) is 42.6 Å². The van der Waals surface area contributed by atoms with Crippen molar-refractivity contribution in [2.75, 3.05) is 17.7 Å². The summed E-state index contributed by atoms with van der Waals surface area (Å²) in [4.78, 5) is 12.4. The molecule has 1 amide bonds. The Morgan fingerprint density at radius 1 is 1.10 bits per heavy atom. The third-order valence-corrected chi connectivity index (χ3v) is 6.31. The van der Waals surface area contributed by atoms with Gasteiger partial charge in [-0.15, -0.1) is 0 Å². The van der Waals surface area contributed by atoms with Gasteiger partial charge in [0.2, 0.25) is 5.91 Å². The Labute approximate surface area is 174 Å². The molecule has 0 bridgehead atoms. The molecule has 0 unspecified atom stereocenters. The number of sulfone groups is 1. The summed E-state index contributed by atoms with van der Waals surface area (Å²) in [7, 11) is -3.50. The van der Waals surface area contributed by atoms with Crippen LogP contribution in [0.15, 0.2) is 71.9 Å². The number of para-hydroxylation sites is 2. The Balaban J connectivity index is 1.29. The average molecular weight is 427 g/mol. The summed E-state index contributed by atoms with van der Waals surface area (Å²) in [6.45, 7) is 0.850. The molecule has 8 nitrogen and oxygen atoms in total. The van der Waals surface area contributed by atoms with Gasteiger partial charge in [0, 0.05) is 12.6 Å². The molecular formula is C21H21N3O5S. The number of anilines is 1. The molecule has 0 aliphatic carbocycles. The van der Waals surface area contributed by atoms with E-state index in [0.717, 1.165) is 0 Å². The van der Waals surface area contributed by atoms with Crippen molar-refractivity contribution < 1.29 is 22.7 Å². The molecule has 9 heteroatoms. The number of benzene rings is 2. The molecule has 4 rings (SSSR count). The maximum Gasteiger partial charge on any atom is 0.225 e. The van der Waals surface area contributed by atoms with E-state index >= 15 is 0 Å². The van der Waals surface area contributed by atoms with Crippen molar-refractivity contribution in [3.8, 4) is 11.5 Å². The molecule has 0 saturated carbocycles. The summed E-state index contributed by atoms with van der Waals surface area (Å²) in [5, 5.41) is 6.90. The van der Waals surface area contributed by atoms with Crippen molar-refractivity contribution in [1.29, 1.82) is 0 Å². The van der Waals surface area contributed by atoms with Gasteiger partial charge in [-0.2, -0.15) is 5.10 Å². The Bertz CT molecular complexity index is 1130. The number of amides is 1. The number of carbonyl (C=O) groups is 1. The number of carbonyl (C=O) groups excluding carboxylic acids is 1. The first kappa shape index (κ1) is 20.0. The van der Waals surface area contributed by atoms with E-state index in [1.807, 2.05) is 24.3 Å². The molecule has 30 heavy (non-hydrogen) atoms. The highest BCUT2D eigenvalue weighted by Gasteiger charge is 2.21. The molecule has 0 saturated heterocycles. The fourth-order valence-electron chi connectivity index (χ4n) is 3.09. The lowest BCUT2D eigenvalue weighted by Crippen LogP contribution is -2.33. The number of fused-ring (bicyclic) bond motifs is 1. The largest absolute Gasteiger partial charge is 0.486 e. The third kappa shape index (κ3) is 4.80. The zero-order valence-electron chi connectivity index (χ0n) is 16.1. The van der Waals surface area contributed by atoms with E-state index in [9.17, 15) is 13.2 Å². The molecule has 3 aromatic rings. The van der Waals surface area contributed by atoms with Crippen LogP contribution in [0.2, 0.25) is 0 Å². The second-order valence-electron chi connectivity index (χ2n) is 6.88. The highest BCUT2D eigenvalue weighted by Crippen LogP contribution is 2.31. The number of ether oxygens (including phenoxy) is 2. The number of aromatic nitrogens is 2. The molecule has 0 radical (unpaired) electrons. The molecule has 1 N–H and O–H groups in total. The SMILES string of the molecule is O=C(CCS(=O)(=O)c1ccccc1)Nc1cnn(C[C@@H]2COc3ccccc3O2)c1. The normalized spacial score (nSPS) is 15.5. The van der Waals surface area contributed by atoms with Crippen molar-refractivity contribution in [3.63, 3.8) is 0 Å². The van der Waals surface area contributed by atoms with E-state index in [2.05, 4.69) is 10.4 Å². The number of hydrogen-bond acceptors (Lipinski definition) is 6. The summed E-state index contributed by atoms with van der Waals surface area (Å²) >= 11 is 0. The lowest BCUT2D eigenvalue weighted by Gasteiger charge is -2.26. The fraction of sp³-hybridized carbons (Fsp3) is 0.238. The van der Waals surface area contributed by atoms with Gasteiger partial charge >= 0.3 is 0 Å².